The maximum Gasteiger partial charge on any atom is 0.219 e. The minimum absolute atomic E-state index is 0.179. The first-order chi connectivity index (χ1) is 7.13. The van der Waals surface area contributed by atoms with Gasteiger partial charge in [-0.15, -0.1) is 0 Å². The molecule has 0 unspecified atom stereocenters. The number of amides is 1. The summed E-state index contributed by atoms with van der Waals surface area (Å²) >= 11 is 0. The predicted molar refractivity (Wildman–Crippen MR) is 62.8 cm³/mol. The number of likely N-dealkylation sites (tertiary alicyclic amines) is 1. The molecule has 0 aromatic rings. The first-order valence-electron chi connectivity index (χ1n) is 6.07. The predicted octanol–water partition coefficient (Wildman–Crippen LogP) is 1.59. The lowest BCUT2D eigenvalue weighted by Gasteiger charge is -2.32. The van der Waals surface area contributed by atoms with Crippen LogP contribution in [-0.4, -0.2) is 48.9 Å². The van der Waals surface area contributed by atoms with E-state index in [-0.39, 0.29) is 5.91 Å². The fraction of sp³-hybridized carbons (Fsp3) is 0.917. The summed E-state index contributed by atoms with van der Waals surface area (Å²) in [6, 6.07) is 0. The number of nitrogens with zero attached hydrogens (tertiary/aromatic N) is 2. The molecule has 0 bridgehead atoms. The van der Waals surface area contributed by atoms with Crippen molar-refractivity contribution in [2.75, 3.05) is 33.2 Å². The van der Waals surface area contributed by atoms with Crippen LogP contribution in [0.4, 0.5) is 0 Å². The highest BCUT2D eigenvalue weighted by Crippen LogP contribution is 2.19. The average molecular weight is 212 g/mol. The Kier molecular flexibility index (Phi) is 5.09. The Morgan fingerprint density at radius 2 is 2.27 bits per heavy atom. The average Bonchev–Trinajstić information content (AvgIpc) is 2.26. The summed E-state index contributed by atoms with van der Waals surface area (Å²) in [4.78, 5) is 15.4. The molecule has 0 aliphatic carbocycles. The smallest absolute Gasteiger partial charge is 0.219 e. The van der Waals surface area contributed by atoms with Gasteiger partial charge in [-0.1, -0.05) is 6.92 Å². The minimum atomic E-state index is 0.179. The first-order valence-corrected chi connectivity index (χ1v) is 6.07. The molecule has 1 fully saturated rings. The molecule has 1 heterocycles. The lowest BCUT2D eigenvalue weighted by atomic mass is 9.94. The Morgan fingerprint density at radius 3 is 2.87 bits per heavy atom. The molecule has 3 heteroatoms. The number of hydrogen-bond acceptors (Lipinski definition) is 2. The van der Waals surface area contributed by atoms with Gasteiger partial charge in [0.25, 0.3) is 0 Å². The van der Waals surface area contributed by atoms with Gasteiger partial charge in [-0.3, -0.25) is 4.79 Å². The second kappa shape index (κ2) is 6.11. The van der Waals surface area contributed by atoms with E-state index in [0.717, 1.165) is 18.9 Å². The van der Waals surface area contributed by atoms with Gasteiger partial charge >= 0.3 is 0 Å². The molecule has 1 saturated heterocycles. The van der Waals surface area contributed by atoms with Crippen LogP contribution >= 0.6 is 0 Å². The van der Waals surface area contributed by atoms with Gasteiger partial charge in [0.1, 0.15) is 0 Å². The molecule has 0 aromatic heterocycles. The molecule has 3 nitrogen and oxygen atoms in total. The first kappa shape index (κ1) is 12.5. The van der Waals surface area contributed by atoms with Gasteiger partial charge < -0.3 is 9.80 Å². The Balaban J connectivity index is 2.23. The number of hydrogen-bond donors (Lipinski definition) is 0. The van der Waals surface area contributed by atoms with Crippen molar-refractivity contribution < 1.29 is 4.79 Å². The number of rotatable bonds is 4. The summed E-state index contributed by atoms with van der Waals surface area (Å²) in [7, 11) is 1.89. The Morgan fingerprint density at radius 1 is 1.53 bits per heavy atom. The van der Waals surface area contributed by atoms with Crippen molar-refractivity contribution in [2.24, 2.45) is 5.92 Å². The van der Waals surface area contributed by atoms with Crippen molar-refractivity contribution in [3.63, 3.8) is 0 Å². The van der Waals surface area contributed by atoms with E-state index in [2.05, 4.69) is 11.8 Å². The third-order valence-electron chi connectivity index (χ3n) is 3.46. The fourth-order valence-corrected chi connectivity index (χ4v) is 2.21. The van der Waals surface area contributed by atoms with Crippen LogP contribution in [0, 0.1) is 5.92 Å². The third kappa shape index (κ3) is 4.20. The Labute approximate surface area is 93.4 Å². The second-order valence-electron chi connectivity index (χ2n) is 4.63. The van der Waals surface area contributed by atoms with Crippen molar-refractivity contribution in [3.8, 4) is 0 Å². The SMILES string of the molecule is CCN1CCC[C@@H](CCN(C)C(C)=O)C1. The van der Waals surface area contributed by atoms with Crippen molar-refractivity contribution >= 4 is 5.91 Å². The van der Waals surface area contributed by atoms with Crippen molar-refractivity contribution in [1.82, 2.24) is 9.80 Å². The van der Waals surface area contributed by atoms with Crippen molar-refractivity contribution in [1.29, 1.82) is 0 Å². The summed E-state index contributed by atoms with van der Waals surface area (Å²) in [6.45, 7) is 8.43. The van der Waals surface area contributed by atoms with E-state index in [0.29, 0.717) is 0 Å². The standard InChI is InChI=1S/C12H24N2O/c1-4-14-8-5-6-12(10-14)7-9-13(3)11(2)15/h12H,4-10H2,1-3H3/t12-/m0/s1. The third-order valence-corrected chi connectivity index (χ3v) is 3.46. The molecule has 88 valence electrons. The van der Waals surface area contributed by atoms with E-state index in [1.165, 1.54) is 32.5 Å². The number of carbonyl (C=O) groups is 1. The molecule has 0 spiro atoms. The highest BCUT2D eigenvalue weighted by atomic mass is 16.2. The van der Waals surface area contributed by atoms with Gasteiger partial charge in [0.2, 0.25) is 5.91 Å². The second-order valence-corrected chi connectivity index (χ2v) is 4.63. The molecule has 0 aromatic carbocycles. The quantitative estimate of drug-likeness (QED) is 0.706. The molecule has 0 N–H and O–H groups in total. The fourth-order valence-electron chi connectivity index (χ4n) is 2.21. The zero-order valence-corrected chi connectivity index (χ0v) is 10.3. The van der Waals surface area contributed by atoms with Crippen molar-refractivity contribution in [3.05, 3.63) is 0 Å². The molecule has 1 aliphatic rings. The Hall–Kier alpha value is -0.570. The molecule has 1 rings (SSSR count). The molecule has 1 aliphatic heterocycles. The number of piperidine rings is 1. The molecule has 0 saturated carbocycles. The molecule has 0 radical (unpaired) electrons. The summed E-state index contributed by atoms with van der Waals surface area (Å²) in [5.74, 6) is 0.971. The normalized spacial score (nSPS) is 22.7. The number of carbonyl (C=O) groups excluding carboxylic acids is 1. The summed E-state index contributed by atoms with van der Waals surface area (Å²) in [5.41, 5.74) is 0. The van der Waals surface area contributed by atoms with E-state index in [9.17, 15) is 4.79 Å². The summed E-state index contributed by atoms with van der Waals surface area (Å²) in [5, 5.41) is 0. The van der Waals surface area contributed by atoms with Crippen LogP contribution in [-0.2, 0) is 4.79 Å². The van der Waals surface area contributed by atoms with Gasteiger partial charge in [0.15, 0.2) is 0 Å². The topological polar surface area (TPSA) is 23.6 Å². The lowest BCUT2D eigenvalue weighted by Crippen LogP contribution is -2.37. The summed E-state index contributed by atoms with van der Waals surface area (Å²) < 4.78 is 0. The van der Waals surface area contributed by atoms with Crippen molar-refractivity contribution in [2.45, 2.75) is 33.1 Å². The van der Waals surface area contributed by atoms with Gasteiger partial charge in [-0.2, -0.15) is 0 Å². The van der Waals surface area contributed by atoms with E-state index >= 15 is 0 Å². The van der Waals surface area contributed by atoms with E-state index < -0.39 is 0 Å². The van der Waals surface area contributed by atoms with Crippen LogP contribution in [0.1, 0.15) is 33.1 Å². The maximum atomic E-state index is 11.1. The zero-order chi connectivity index (χ0) is 11.3. The van der Waals surface area contributed by atoms with E-state index in [4.69, 9.17) is 0 Å². The minimum Gasteiger partial charge on any atom is -0.346 e. The van der Waals surface area contributed by atoms with Crippen LogP contribution in [0.5, 0.6) is 0 Å². The lowest BCUT2D eigenvalue weighted by molar-refractivity contribution is -0.127. The largest absolute Gasteiger partial charge is 0.346 e. The van der Waals surface area contributed by atoms with Crippen LogP contribution in [0.15, 0.2) is 0 Å². The van der Waals surface area contributed by atoms with E-state index in [1.54, 1.807) is 6.92 Å². The van der Waals surface area contributed by atoms with Gasteiger partial charge in [-0.05, 0) is 38.3 Å². The van der Waals surface area contributed by atoms with Crippen LogP contribution in [0.2, 0.25) is 0 Å². The van der Waals surface area contributed by atoms with Gasteiger partial charge in [0, 0.05) is 27.1 Å². The van der Waals surface area contributed by atoms with Gasteiger partial charge in [0.05, 0.1) is 0 Å². The highest BCUT2D eigenvalue weighted by molar-refractivity contribution is 5.72. The van der Waals surface area contributed by atoms with E-state index in [1.807, 2.05) is 11.9 Å². The molecular weight excluding hydrogens is 188 g/mol. The van der Waals surface area contributed by atoms with Crippen LogP contribution < -0.4 is 0 Å². The zero-order valence-electron chi connectivity index (χ0n) is 10.3. The molecule has 15 heavy (non-hydrogen) atoms. The van der Waals surface area contributed by atoms with Gasteiger partial charge in [-0.25, -0.2) is 0 Å². The van der Waals surface area contributed by atoms with Crippen LogP contribution in [0.25, 0.3) is 0 Å². The Bertz CT molecular complexity index is 206. The van der Waals surface area contributed by atoms with Crippen LogP contribution in [0.3, 0.4) is 0 Å². The molecule has 1 amide bonds. The molecule has 1 atom stereocenters. The molecular formula is C12H24N2O. The monoisotopic (exact) mass is 212 g/mol. The maximum absolute atomic E-state index is 11.1. The highest BCUT2D eigenvalue weighted by Gasteiger charge is 2.18. The summed E-state index contributed by atoms with van der Waals surface area (Å²) in [6.07, 6.45) is 3.82.